The van der Waals surface area contributed by atoms with Crippen molar-refractivity contribution in [2.24, 2.45) is 5.92 Å². The van der Waals surface area contributed by atoms with Crippen LogP contribution in [0, 0.1) is 5.92 Å². The van der Waals surface area contributed by atoms with Crippen LogP contribution in [0.2, 0.25) is 0 Å². The molecule has 3 aliphatic rings. The predicted octanol–water partition coefficient (Wildman–Crippen LogP) is 3.96. The summed E-state index contributed by atoms with van der Waals surface area (Å²) < 4.78 is 109. The van der Waals surface area contributed by atoms with E-state index in [4.69, 9.17) is 14.2 Å². The zero-order valence-electron chi connectivity index (χ0n) is 25.0. The first-order valence-corrected chi connectivity index (χ1v) is 17.8. The summed E-state index contributed by atoms with van der Waals surface area (Å²) in [4.78, 5) is 39.7. The summed E-state index contributed by atoms with van der Waals surface area (Å²) >= 11 is 1.03. The Kier molecular flexibility index (Phi) is 9.61. The maximum atomic E-state index is 13.9. The zero-order valence-corrected chi connectivity index (χ0v) is 27.4. The van der Waals surface area contributed by atoms with Gasteiger partial charge in [-0.15, -0.1) is 0 Å². The van der Waals surface area contributed by atoms with E-state index in [-0.39, 0.29) is 46.2 Å². The number of amides is 1. The Morgan fingerprint density at radius 1 is 1.10 bits per heavy atom. The van der Waals surface area contributed by atoms with Gasteiger partial charge in [0.15, 0.2) is 0 Å². The molecule has 0 aromatic heterocycles. The fraction of sp³-hybridized carbons (Fsp3) is 0.345. The Morgan fingerprint density at radius 3 is 2.46 bits per heavy atom. The smallest absolute Gasteiger partial charge is 0.457 e. The number of β-lactam (4-membered cyclic amide) rings is 1. The van der Waals surface area contributed by atoms with Gasteiger partial charge >= 0.3 is 27.8 Å². The lowest BCUT2D eigenvalue weighted by Crippen LogP contribution is -2.61. The number of ether oxygens (including phenoxy) is 3. The molecule has 0 bridgehead atoms. The maximum absolute atomic E-state index is 13.9. The minimum Gasteiger partial charge on any atom is -0.457 e. The number of benzene rings is 2. The zero-order chi connectivity index (χ0) is 35.2. The van der Waals surface area contributed by atoms with Crippen LogP contribution in [0.4, 0.5) is 23.7 Å². The van der Waals surface area contributed by atoms with Crippen LogP contribution in [0.1, 0.15) is 12.5 Å². The fourth-order valence-corrected chi connectivity index (χ4v) is 9.23. The Bertz CT molecular complexity index is 1960. The molecule has 0 radical (unpaired) electrons. The van der Waals surface area contributed by atoms with Gasteiger partial charge in [-0.05, 0) is 36.4 Å². The van der Waals surface area contributed by atoms with Crippen LogP contribution in [0.5, 0.6) is 0 Å². The molecule has 3 atom stereocenters. The highest BCUT2D eigenvalue weighted by atomic mass is 32.2. The van der Waals surface area contributed by atoms with E-state index in [0.29, 0.717) is 10.9 Å². The highest BCUT2D eigenvalue weighted by molar-refractivity contribution is 8.04. The number of alkyl halides is 3. The van der Waals surface area contributed by atoms with Gasteiger partial charge in [0, 0.05) is 10.3 Å². The third kappa shape index (κ3) is 6.14. The highest BCUT2D eigenvalue weighted by Gasteiger charge is 2.59. The topological polar surface area (TPSA) is 163 Å². The molecule has 1 fully saturated rings. The molecule has 13 nitrogen and oxygen atoms in total. The standard InChI is InChI=1S/C29H27F3N2O11S3/c1-4-12-42-27(36)24-20(46-26-22(25(35)34(24)26)16(3)45-28(37)43-13-5-2)15-33-19-8-6-7-18-17(9-10-21(23(18)19)47(33,38)39)11-14-44-48(40,41)29(30,31)32/h4-10,16,22,26H,1-2,11-15H2,3H3/t16-,22?,26?/m0/s1. The number of halogens is 3. The summed E-state index contributed by atoms with van der Waals surface area (Å²) in [7, 11) is -10.1. The minimum absolute atomic E-state index is 0.117. The number of hydrogen-bond acceptors (Lipinski definition) is 12. The van der Waals surface area contributed by atoms with E-state index in [9.17, 15) is 44.4 Å². The lowest BCUT2D eigenvalue weighted by Gasteiger charge is -2.44. The second-order valence-electron chi connectivity index (χ2n) is 10.5. The van der Waals surface area contributed by atoms with E-state index in [1.54, 1.807) is 0 Å². The Morgan fingerprint density at radius 2 is 1.79 bits per heavy atom. The molecular formula is C29H27F3N2O11S3. The summed E-state index contributed by atoms with van der Waals surface area (Å²) in [6, 6.07) is 7.14. The second kappa shape index (κ2) is 13.1. The average molecular weight is 733 g/mol. The normalized spacial score (nSPS) is 20.3. The van der Waals surface area contributed by atoms with E-state index in [1.807, 2.05) is 0 Å². The van der Waals surface area contributed by atoms with E-state index in [1.165, 1.54) is 49.4 Å². The second-order valence-corrected chi connectivity index (χ2v) is 15.1. The number of anilines is 1. The van der Waals surface area contributed by atoms with Crippen LogP contribution in [-0.2, 0) is 54.5 Å². The van der Waals surface area contributed by atoms with Crippen molar-refractivity contribution >= 4 is 66.4 Å². The van der Waals surface area contributed by atoms with Gasteiger partial charge in [0.1, 0.15) is 36.3 Å². The Balaban J connectivity index is 1.44. The van der Waals surface area contributed by atoms with Crippen molar-refractivity contribution in [1.29, 1.82) is 0 Å². The number of esters is 1. The molecular weight excluding hydrogens is 706 g/mol. The van der Waals surface area contributed by atoms with Gasteiger partial charge in [0.25, 0.3) is 10.0 Å². The van der Waals surface area contributed by atoms with E-state index >= 15 is 0 Å². The van der Waals surface area contributed by atoms with Crippen molar-refractivity contribution in [3.63, 3.8) is 0 Å². The van der Waals surface area contributed by atoms with Crippen LogP contribution in [-0.4, -0.2) is 83.1 Å². The Hall–Kier alpha value is -4.07. The highest BCUT2D eigenvalue weighted by Crippen LogP contribution is 2.53. The number of sulfonamides is 1. The van der Waals surface area contributed by atoms with Crippen molar-refractivity contribution in [3.05, 3.63) is 71.8 Å². The predicted molar refractivity (Wildman–Crippen MR) is 165 cm³/mol. The molecule has 2 aromatic rings. The lowest BCUT2D eigenvalue weighted by atomic mass is 9.92. The number of rotatable bonds is 13. The molecule has 0 aliphatic carbocycles. The first-order valence-electron chi connectivity index (χ1n) is 14.0. The van der Waals surface area contributed by atoms with E-state index in [2.05, 4.69) is 17.3 Å². The first-order chi connectivity index (χ1) is 22.5. The van der Waals surface area contributed by atoms with E-state index < -0.39 is 74.2 Å². The van der Waals surface area contributed by atoms with Gasteiger partial charge in [-0.25, -0.2) is 18.0 Å². The fourth-order valence-electron chi connectivity index (χ4n) is 5.47. The van der Waals surface area contributed by atoms with Crippen LogP contribution in [0.3, 0.4) is 0 Å². The molecule has 48 heavy (non-hydrogen) atoms. The van der Waals surface area contributed by atoms with Gasteiger partial charge < -0.3 is 14.2 Å². The van der Waals surface area contributed by atoms with E-state index in [0.717, 1.165) is 21.0 Å². The molecule has 1 saturated heterocycles. The summed E-state index contributed by atoms with van der Waals surface area (Å²) in [5.74, 6) is -2.38. The number of carbonyl (C=O) groups excluding carboxylic acids is 3. The summed E-state index contributed by atoms with van der Waals surface area (Å²) in [5.41, 5.74) is -5.28. The van der Waals surface area contributed by atoms with Crippen LogP contribution in [0.25, 0.3) is 10.8 Å². The van der Waals surface area contributed by atoms with Crippen LogP contribution >= 0.6 is 11.8 Å². The minimum atomic E-state index is -5.83. The molecule has 5 rings (SSSR count). The monoisotopic (exact) mass is 732 g/mol. The number of thioether (sulfide) groups is 1. The van der Waals surface area contributed by atoms with Gasteiger partial charge in [0.05, 0.1) is 23.7 Å². The third-order valence-corrected chi connectivity index (χ3v) is 11.8. The molecule has 0 spiro atoms. The number of fused-ring (bicyclic) bond motifs is 1. The molecule has 3 heterocycles. The summed E-state index contributed by atoms with van der Waals surface area (Å²) in [5, 5.41) is -0.189. The van der Waals surface area contributed by atoms with Crippen molar-refractivity contribution in [2.75, 3.05) is 30.7 Å². The first kappa shape index (κ1) is 35.2. The van der Waals surface area contributed by atoms with Crippen molar-refractivity contribution < 1.29 is 62.8 Å². The van der Waals surface area contributed by atoms with Gasteiger partial charge in [-0.1, -0.05) is 55.3 Å². The molecule has 19 heteroatoms. The largest absolute Gasteiger partial charge is 0.523 e. The average Bonchev–Trinajstić information content (AvgIpc) is 3.44. The molecule has 2 aromatic carbocycles. The quantitative estimate of drug-likeness (QED) is 0.0960. The van der Waals surface area contributed by atoms with Gasteiger partial charge in [-0.2, -0.15) is 21.6 Å². The molecule has 2 unspecified atom stereocenters. The number of nitrogens with zero attached hydrogens (tertiary/aromatic N) is 2. The van der Waals surface area contributed by atoms with Crippen molar-refractivity contribution in [2.45, 2.75) is 35.2 Å². The van der Waals surface area contributed by atoms with Crippen molar-refractivity contribution in [1.82, 2.24) is 4.90 Å². The van der Waals surface area contributed by atoms with Crippen LogP contribution < -0.4 is 4.31 Å². The molecule has 0 saturated carbocycles. The SMILES string of the molecule is C=CCOC(=O)O[C@@H](C)C1C(=O)N2C(C(=O)OCC=C)=C(CN3c4cccc5c(CCOS(=O)(=O)C(F)(F)F)ccc(c45)S3(=O)=O)SC12. The molecule has 0 N–H and O–H groups in total. The molecule has 1 amide bonds. The van der Waals surface area contributed by atoms with Crippen LogP contribution in [0.15, 0.2) is 71.1 Å². The molecule has 258 valence electrons. The molecule has 3 aliphatic heterocycles. The number of carbonyl (C=O) groups is 3. The van der Waals surface area contributed by atoms with Crippen molar-refractivity contribution in [3.8, 4) is 0 Å². The number of hydrogen-bond donors (Lipinski definition) is 0. The van der Waals surface area contributed by atoms with Gasteiger partial charge in [0.2, 0.25) is 5.91 Å². The Labute approximate surface area is 277 Å². The third-order valence-electron chi connectivity index (χ3n) is 7.57. The maximum Gasteiger partial charge on any atom is 0.523 e. The summed E-state index contributed by atoms with van der Waals surface area (Å²) in [6.07, 6.45) is 0.343. The van der Waals surface area contributed by atoms with Gasteiger partial charge in [-0.3, -0.25) is 18.2 Å². The lowest BCUT2D eigenvalue weighted by molar-refractivity contribution is -0.158. The summed E-state index contributed by atoms with van der Waals surface area (Å²) in [6.45, 7) is 6.84.